The highest BCUT2D eigenvalue weighted by Crippen LogP contribution is 2.19. The van der Waals surface area contributed by atoms with Gasteiger partial charge in [-0.25, -0.2) is 0 Å². The lowest BCUT2D eigenvalue weighted by atomic mass is 10.1. The Labute approximate surface area is 164 Å². The van der Waals surface area contributed by atoms with E-state index in [1.165, 1.54) is 4.88 Å². The van der Waals surface area contributed by atoms with Crippen LogP contribution in [0.25, 0.3) is 0 Å². The molecule has 1 amide bonds. The lowest BCUT2D eigenvalue weighted by Crippen LogP contribution is -2.42. The number of thiophene rings is 1. The molecule has 2 rings (SSSR count). The normalized spacial score (nSPS) is 12.0. The van der Waals surface area contributed by atoms with E-state index in [1.54, 1.807) is 18.4 Å². The maximum absolute atomic E-state index is 11.9. The topological polar surface area (TPSA) is 65.5 Å². The Morgan fingerprint density at radius 2 is 1.92 bits per heavy atom. The minimum atomic E-state index is -0.106. The number of anilines is 1. The van der Waals surface area contributed by atoms with Gasteiger partial charge in [-0.1, -0.05) is 31.2 Å². The summed E-state index contributed by atoms with van der Waals surface area (Å²) in [7, 11) is 1.69. The number of amides is 1. The fourth-order valence-electron chi connectivity index (χ4n) is 2.03. The van der Waals surface area contributed by atoms with Crippen LogP contribution in [0.1, 0.15) is 17.7 Å². The molecule has 0 aliphatic rings. The minimum absolute atomic E-state index is 0. The number of rotatable bonds is 6. The minimum Gasteiger partial charge on any atom is -0.356 e. The molecule has 3 N–H and O–H groups in total. The van der Waals surface area contributed by atoms with E-state index in [2.05, 4.69) is 45.4 Å². The van der Waals surface area contributed by atoms with Crippen LogP contribution in [0, 0.1) is 0 Å². The summed E-state index contributed by atoms with van der Waals surface area (Å²) in [6.07, 6.45) is 0. The monoisotopic (exact) mass is 458 g/mol. The van der Waals surface area contributed by atoms with Gasteiger partial charge in [0, 0.05) is 30.1 Å². The predicted octanol–water partition coefficient (Wildman–Crippen LogP) is 3.27. The van der Waals surface area contributed by atoms with Crippen LogP contribution in [0.2, 0.25) is 0 Å². The number of benzene rings is 1. The second-order valence-electron chi connectivity index (χ2n) is 5.14. The van der Waals surface area contributed by atoms with Gasteiger partial charge >= 0.3 is 0 Å². The second-order valence-corrected chi connectivity index (χ2v) is 6.12. The van der Waals surface area contributed by atoms with Gasteiger partial charge in [-0.05, 0) is 23.6 Å². The van der Waals surface area contributed by atoms with Gasteiger partial charge in [0.1, 0.15) is 0 Å². The highest BCUT2D eigenvalue weighted by molar-refractivity contribution is 14.0. The van der Waals surface area contributed by atoms with E-state index in [4.69, 9.17) is 0 Å². The van der Waals surface area contributed by atoms with Gasteiger partial charge in [-0.3, -0.25) is 9.79 Å². The van der Waals surface area contributed by atoms with Gasteiger partial charge in [0.15, 0.2) is 5.96 Å². The van der Waals surface area contributed by atoms with E-state index in [0.29, 0.717) is 11.9 Å². The van der Waals surface area contributed by atoms with Crippen molar-refractivity contribution in [3.8, 4) is 0 Å². The number of para-hydroxylation sites is 1. The van der Waals surface area contributed by atoms with Crippen molar-refractivity contribution >= 4 is 52.9 Å². The number of hydrogen-bond acceptors (Lipinski definition) is 3. The summed E-state index contributed by atoms with van der Waals surface area (Å²) in [6, 6.07) is 13.6. The van der Waals surface area contributed by atoms with Crippen LogP contribution < -0.4 is 16.0 Å². The number of carbonyl (C=O) groups is 1. The van der Waals surface area contributed by atoms with E-state index in [-0.39, 0.29) is 36.4 Å². The molecule has 0 radical (unpaired) electrons. The van der Waals surface area contributed by atoms with E-state index in [1.807, 2.05) is 30.3 Å². The molecule has 0 saturated heterocycles. The van der Waals surface area contributed by atoms with E-state index < -0.39 is 0 Å². The van der Waals surface area contributed by atoms with Crippen molar-refractivity contribution in [2.75, 3.05) is 25.5 Å². The van der Waals surface area contributed by atoms with E-state index >= 15 is 0 Å². The molecule has 1 atom stereocenters. The Balaban J connectivity index is 0.00000288. The Bertz CT molecular complexity index is 631. The Morgan fingerprint density at radius 1 is 1.17 bits per heavy atom. The zero-order valence-corrected chi connectivity index (χ0v) is 16.9. The van der Waals surface area contributed by atoms with Crippen LogP contribution in [0.4, 0.5) is 5.69 Å². The molecule has 0 aliphatic carbocycles. The maximum atomic E-state index is 11.9. The molecule has 1 heterocycles. The van der Waals surface area contributed by atoms with Crippen molar-refractivity contribution in [2.45, 2.75) is 12.8 Å². The van der Waals surface area contributed by atoms with Gasteiger partial charge in [0.05, 0.1) is 6.54 Å². The molecule has 0 spiro atoms. The molecule has 1 aromatic carbocycles. The standard InChI is InChI=1S/C17H22N4OS.HI/c1-13(15-9-6-10-23-15)11-19-17(18-2)20-12-16(22)21-14-7-4-3-5-8-14;/h3-10,13H,11-12H2,1-2H3,(H,21,22)(H2,18,19,20);1H. The third-order valence-corrected chi connectivity index (χ3v) is 4.41. The van der Waals surface area contributed by atoms with Crippen molar-refractivity contribution in [1.82, 2.24) is 10.6 Å². The molecule has 0 bridgehead atoms. The summed E-state index contributed by atoms with van der Waals surface area (Å²) >= 11 is 1.75. The van der Waals surface area contributed by atoms with Crippen LogP contribution in [-0.4, -0.2) is 32.0 Å². The summed E-state index contributed by atoms with van der Waals surface area (Å²) in [5, 5.41) is 11.2. The molecular formula is C17H23IN4OS. The fraction of sp³-hybridized carbons (Fsp3) is 0.294. The smallest absolute Gasteiger partial charge is 0.243 e. The lowest BCUT2D eigenvalue weighted by molar-refractivity contribution is -0.115. The van der Waals surface area contributed by atoms with Gasteiger partial charge < -0.3 is 16.0 Å². The Hall–Kier alpha value is -1.61. The lowest BCUT2D eigenvalue weighted by Gasteiger charge is -2.15. The number of nitrogens with one attached hydrogen (secondary N) is 3. The number of hydrogen-bond donors (Lipinski definition) is 3. The first-order chi connectivity index (χ1) is 11.2. The number of halogens is 1. The molecule has 7 heteroatoms. The van der Waals surface area contributed by atoms with Crippen LogP contribution >= 0.6 is 35.3 Å². The SMILES string of the molecule is CN=C(NCC(=O)Nc1ccccc1)NCC(C)c1cccs1.I. The first-order valence-corrected chi connectivity index (χ1v) is 8.40. The summed E-state index contributed by atoms with van der Waals surface area (Å²) in [5.74, 6) is 0.911. The van der Waals surface area contributed by atoms with Crippen molar-refractivity contribution in [3.05, 3.63) is 52.7 Å². The Morgan fingerprint density at radius 3 is 2.54 bits per heavy atom. The summed E-state index contributed by atoms with van der Waals surface area (Å²) in [6.45, 7) is 3.09. The van der Waals surface area contributed by atoms with Crippen LogP contribution in [-0.2, 0) is 4.79 Å². The fourth-order valence-corrected chi connectivity index (χ4v) is 2.82. The molecule has 2 aromatic rings. The second kappa shape index (κ2) is 11.0. The van der Waals surface area contributed by atoms with Crippen molar-refractivity contribution in [2.24, 2.45) is 4.99 Å². The average Bonchev–Trinajstić information content (AvgIpc) is 3.10. The molecule has 1 aromatic heterocycles. The summed E-state index contributed by atoms with van der Waals surface area (Å²) < 4.78 is 0. The molecule has 0 saturated carbocycles. The zero-order valence-electron chi connectivity index (χ0n) is 13.8. The van der Waals surface area contributed by atoms with Gasteiger partial charge in [0.2, 0.25) is 5.91 Å². The maximum Gasteiger partial charge on any atom is 0.243 e. The van der Waals surface area contributed by atoms with Crippen LogP contribution in [0.15, 0.2) is 52.8 Å². The first-order valence-electron chi connectivity index (χ1n) is 7.52. The predicted molar refractivity (Wildman–Crippen MR) is 113 cm³/mol. The molecule has 24 heavy (non-hydrogen) atoms. The van der Waals surface area contributed by atoms with Gasteiger partial charge in [-0.15, -0.1) is 35.3 Å². The van der Waals surface area contributed by atoms with Gasteiger partial charge in [-0.2, -0.15) is 0 Å². The number of aliphatic imine (C=N–C) groups is 1. The third kappa shape index (κ3) is 6.88. The summed E-state index contributed by atoms with van der Waals surface area (Å²) in [4.78, 5) is 17.4. The molecular weight excluding hydrogens is 435 g/mol. The zero-order chi connectivity index (χ0) is 16.5. The molecule has 0 fully saturated rings. The molecule has 5 nitrogen and oxygen atoms in total. The van der Waals surface area contributed by atoms with Crippen molar-refractivity contribution in [1.29, 1.82) is 0 Å². The van der Waals surface area contributed by atoms with E-state index in [0.717, 1.165) is 12.2 Å². The number of nitrogens with zero attached hydrogens (tertiary/aromatic N) is 1. The molecule has 1 unspecified atom stereocenters. The molecule has 0 aliphatic heterocycles. The van der Waals surface area contributed by atoms with Crippen LogP contribution in [0.3, 0.4) is 0 Å². The van der Waals surface area contributed by atoms with Crippen molar-refractivity contribution < 1.29 is 4.79 Å². The van der Waals surface area contributed by atoms with Crippen molar-refractivity contribution in [3.63, 3.8) is 0 Å². The highest BCUT2D eigenvalue weighted by atomic mass is 127. The first kappa shape index (κ1) is 20.4. The molecule has 130 valence electrons. The number of carbonyl (C=O) groups excluding carboxylic acids is 1. The highest BCUT2D eigenvalue weighted by Gasteiger charge is 2.08. The van der Waals surface area contributed by atoms with Crippen LogP contribution in [0.5, 0.6) is 0 Å². The largest absolute Gasteiger partial charge is 0.356 e. The summed E-state index contributed by atoms with van der Waals surface area (Å²) in [5.41, 5.74) is 0.786. The number of guanidine groups is 1. The Kier molecular flexibility index (Phi) is 9.39. The average molecular weight is 458 g/mol. The third-order valence-electron chi connectivity index (χ3n) is 3.30. The quantitative estimate of drug-likeness (QED) is 0.354. The van der Waals surface area contributed by atoms with E-state index in [9.17, 15) is 4.79 Å². The van der Waals surface area contributed by atoms with Gasteiger partial charge in [0.25, 0.3) is 0 Å².